The van der Waals surface area contributed by atoms with Crippen LogP contribution in [0.3, 0.4) is 0 Å². The first-order valence-corrected chi connectivity index (χ1v) is 8.47. The fraction of sp³-hybridized carbons (Fsp3) is 0.875. The Morgan fingerprint density at radius 3 is 2.38 bits per heavy atom. The van der Waals surface area contributed by atoms with E-state index in [1.54, 1.807) is 0 Å². The summed E-state index contributed by atoms with van der Waals surface area (Å²) in [6, 6.07) is 0.194. The fourth-order valence-corrected chi connectivity index (χ4v) is 3.18. The zero-order chi connectivity index (χ0) is 15.1. The second kappa shape index (κ2) is 8.25. The van der Waals surface area contributed by atoms with E-state index in [9.17, 15) is 9.59 Å². The lowest BCUT2D eigenvalue weighted by Gasteiger charge is -2.30. The summed E-state index contributed by atoms with van der Waals surface area (Å²) in [7, 11) is 0. The average Bonchev–Trinajstić information content (AvgIpc) is 2.49. The molecule has 1 saturated carbocycles. The zero-order valence-electron chi connectivity index (χ0n) is 13.2. The van der Waals surface area contributed by atoms with Gasteiger partial charge in [0, 0.05) is 32.1 Å². The first-order chi connectivity index (χ1) is 10.1. The molecule has 0 aromatic carbocycles. The molecule has 3 amide bonds. The molecule has 1 aliphatic heterocycles. The summed E-state index contributed by atoms with van der Waals surface area (Å²) in [5.74, 6) is 0.897. The molecule has 0 radical (unpaired) electrons. The van der Waals surface area contributed by atoms with E-state index in [0.717, 1.165) is 44.7 Å². The van der Waals surface area contributed by atoms with Crippen molar-refractivity contribution in [2.45, 2.75) is 64.3 Å². The third-order valence-corrected chi connectivity index (χ3v) is 4.70. The van der Waals surface area contributed by atoms with Crippen LogP contribution in [0.5, 0.6) is 0 Å². The van der Waals surface area contributed by atoms with Gasteiger partial charge in [-0.2, -0.15) is 0 Å². The Morgan fingerprint density at radius 2 is 1.71 bits per heavy atom. The summed E-state index contributed by atoms with van der Waals surface area (Å²) in [5, 5.41) is 5.81. The van der Waals surface area contributed by atoms with E-state index in [4.69, 9.17) is 0 Å². The molecular weight excluding hydrogens is 266 g/mol. The first kappa shape index (κ1) is 16.1. The predicted octanol–water partition coefficient (Wildman–Crippen LogP) is 2.27. The molecule has 0 aromatic rings. The molecule has 120 valence electrons. The van der Waals surface area contributed by atoms with Gasteiger partial charge in [-0.1, -0.05) is 26.2 Å². The van der Waals surface area contributed by atoms with Gasteiger partial charge >= 0.3 is 6.03 Å². The van der Waals surface area contributed by atoms with Gasteiger partial charge in [0.15, 0.2) is 0 Å². The third-order valence-electron chi connectivity index (χ3n) is 4.70. The highest BCUT2D eigenvalue weighted by molar-refractivity contribution is 5.78. The molecule has 0 bridgehead atoms. The molecule has 1 heterocycles. The van der Waals surface area contributed by atoms with Gasteiger partial charge in [0.25, 0.3) is 0 Å². The quantitative estimate of drug-likeness (QED) is 0.836. The second-order valence-corrected chi connectivity index (χ2v) is 6.55. The molecule has 5 heteroatoms. The van der Waals surface area contributed by atoms with Crippen LogP contribution in [-0.2, 0) is 4.79 Å². The number of carbonyl (C=O) groups is 2. The topological polar surface area (TPSA) is 61.4 Å². The molecule has 1 saturated heterocycles. The number of carbonyl (C=O) groups excluding carboxylic acids is 2. The number of nitrogens with one attached hydrogen (secondary N) is 2. The summed E-state index contributed by atoms with van der Waals surface area (Å²) in [6.45, 7) is 4.41. The molecule has 1 aliphatic carbocycles. The highest BCUT2D eigenvalue weighted by Crippen LogP contribution is 2.17. The summed E-state index contributed by atoms with van der Waals surface area (Å²) in [6.07, 6.45) is 8.46. The monoisotopic (exact) mass is 295 g/mol. The summed E-state index contributed by atoms with van der Waals surface area (Å²) < 4.78 is 0. The van der Waals surface area contributed by atoms with Gasteiger partial charge in [0.2, 0.25) is 5.91 Å². The third kappa shape index (κ3) is 5.56. The second-order valence-electron chi connectivity index (χ2n) is 6.55. The van der Waals surface area contributed by atoms with Crippen molar-refractivity contribution in [3.63, 3.8) is 0 Å². The number of hydrogen-bond acceptors (Lipinski definition) is 2. The van der Waals surface area contributed by atoms with Gasteiger partial charge < -0.3 is 15.5 Å². The lowest BCUT2D eigenvalue weighted by atomic mass is 9.96. The number of rotatable bonds is 4. The Morgan fingerprint density at radius 1 is 1.05 bits per heavy atom. The Bertz CT molecular complexity index is 345. The van der Waals surface area contributed by atoms with Crippen LogP contribution in [-0.4, -0.2) is 42.5 Å². The highest BCUT2D eigenvalue weighted by Gasteiger charge is 2.20. The molecule has 2 N–H and O–H groups in total. The Labute approximate surface area is 127 Å². The maximum atomic E-state index is 12.0. The molecule has 0 spiro atoms. The average molecular weight is 295 g/mol. The van der Waals surface area contributed by atoms with Crippen molar-refractivity contribution in [1.82, 2.24) is 15.5 Å². The summed E-state index contributed by atoms with van der Waals surface area (Å²) in [5.41, 5.74) is 0. The Kier molecular flexibility index (Phi) is 6.33. The van der Waals surface area contributed by atoms with Crippen molar-refractivity contribution in [2.24, 2.45) is 5.92 Å². The molecule has 0 atom stereocenters. The van der Waals surface area contributed by atoms with Gasteiger partial charge in [-0.05, 0) is 31.6 Å². The number of urea groups is 1. The number of amides is 3. The van der Waals surface area contributed by atoms with E-state index in [-0.39, 0.29) is 11.9 Å². The van der Waals surface area contributed by atoms with Gasteiger partial charge in [-0.3, -0.25) is 4.79 Å². The van der Waals surface area contributed by atoms with Crippen molar-refractivity contribution in [3.05, 3.63) is 0 Å². The SMILES string of the molecule is CC1CCN(C(=O)CCNC(=O)NC2CCCCC2)CC1. The number of piperidine rings is 1. The van der Waals surface area contributed by atoms with E-state index < -0.39 is 0 Å². The lowest BCUT2D eigenvalue weighted by Crippen LogP contribution is -2.44. The van der Waals surface area contributed by atoms with Crippen molar-refractivity contribution < 1.29 is 9.59 Å². The number of likely N-dealkylation sites (tertiary alicyclic amines) is 1. The Hall–Kier alpha value is -1.26. The van der Waals surface area contributed by atoms with Crippen LogP contribution in [0.25, 0.3) is 0 Å². The van der Waals surface area contributed by atoms with Crippen LogP contribution in [0.2, 0.25) is 0 Å². The minimum absolute atomic E-state index is 0.123. The van der Waals surface area contributed by atoms with Gasteiger partial charge in [0.1, 0.15) is 0 Å². The first-order valence-electron chi connectivity index (χ1n) is 8.47. The Balaban J connectivity index is 1.57. The molecule has 0 unspecified atom stereocenters. The molecule has 21 heavy (non-hydrogen) atoms. The minimum Gasteiger partial charge on any atom is -0.343 e. The number of nitrogens with zero attached hydrogens (tertiary/aromatic N) is 1. The predicted molar refractivity (Wildman–Crippen MR) is 83.0 cm³/mol. The largest absolute Gasteiger partial charge is 0.343 e. The number of hydrogen-bond donors (Lipinski definition) is 2. The van der Waals surface area contributed by atoms with Crippen molar-refractivity contribution in [3.8, 4) is 0 Å². The van der Waals surface area contributed by atoms with Gasteiger partial charge in [-0.15, -0.1) is 0 Å². The maximum Gasteiger partial charge on any atom is 0.315 e. The van der Waals surface area contributed by atoms with Gasteiger partial charge in [-0.25, -0.2) is 4.79 Å². The summed E-state index contributed by atoms with van der Waals surface area (Å²) >= 11 is 0. The van der Waals surface area contributed by atoms with E-state index in [2.05, 4.69) is 17.6 Å². The molecule has 2 aliphatic rings. The van der Waals surface area contributed by atoms with Gasteiger partial charge in [0.05, 0.1) is 0 Å². The molecule has 2 rings (SSSR count). The smallest absolute Gasteiger partial charge is 0.315 e. The molecule has 5 nitrogen and oxygen atoms in total. The van der Waals surface area contributed by atoms with Crippen LogP contribution in [0.4, 0.5) is 4.79 Å². The van der Waals surface area contributed by atoms with E-state index in [0.29, 0.717) is 19.0 Å². The minimum atomic E-state index is -0.123. The standard InChI is InChI=1S/C16H29N3O2/c1-13-8-11-19(12-9-13)15(20)7-10-17-16(21)18-14-5-3-2-4-6-14/h13-14H,2-12H2,1H3,(H2,17,18,21). The van der Waals surface area contributed by atoms with E-state index >= 15 is 0 Å². The molecule has 2 fully saturated rings. The fourth-order valence-electron chi connectivity index (χ4n) is 3.18. The van der Waals surface area contributed by atoms with Crippen molar-refractivity contribution >= 4 is 11.9 Å². The van der Waals surface area contributed by atoms with Crippen LogP contribution in [0, 0.1) is 5.92 Å². The van der Waals surface area contributed by atoms with E-state index in [1.807, 2.05) is 4.90 Å². The van der Waals surface area contributed by atoms with E-state index in [1.165, 1.54) is 19.3 Å². The highest BCUT2D eigenvalue weighted by atomic mass is 16.2. The van der Waals surface area contributed by atoms with Crippen LogP contribution in [0.1, 0.15) is 58.3 Å². The van der Waals surface area contributed by atoms with Crippen LogP contribution in [0.15, 0.2) is 0 Å². The van der Waals surface area contributed by atoms with Crippen molar-refractivity contribution in [1.29, 1.82) is 0 Å². The van der Waals surface area contributed by atoms with Crippen LogP contribution < -0.4 is 10.6 Å². The lowest BCUT2D eigenvalue weighted by molar-refractivity contribution is -0.132. The summed E-state index contributed by atoms with van der Waals surface area (Å²) in [4.78, 5) is 25.7. The van der Waals surface area contributed by atoms with Crippen LogP contribution >= 0.6 is 0 Å². The normalized spacial score (nSPS) is 21.1. The zero-order valence-corrected chi connectivity index (χ0v) is 13.2. The molecular formula is C16H29N3O2. The van der Waals surface area contributed by atoms with Crippen molar-refractivity contribution in [2.75, 3.05) is 19.6 Å². The maximum absolute atomic E-state index is 12.0. The molecule has 0 aromatic heterocycles.